The van der Waals surface area contributed by atoms with Crippen molar-refractivity contribution in [3.05, 3.63) is 56.5 Å². The molecule has 0 bridgehead atoms. The topological polar surface area (TPSA) is 82.2 Å². The van der Waals surface area contributed by atoms with E-state index in [0.717, 1.165) is 28.7 Å². The first-order valence-corrected chi connectivity index (χ1v) is 11.6. The molecule has 30 heavy (non-hydrogen) atoms. The Hall–Kier alpha value is -2.02. The van der Waals surface area contributed by atoms with Crippen molar-refractivity contribution in [3.8, 4) is 0 Å². The van der Waals surface area contributed by atoms with Crippen LogP contribution in [0.15, 0.2) is 30.3 Å². The van der Waals surface area contributed by atoms with E-state index >= 15 is 0 Å². The molecular weight excluding hydrogens is 443 g/mol. The predicted molar refractivity (Wildman–Crippen MR) is 119 cm³/mol. The van der Waals surface area contributed by atoms with Gasteiger partial charge in [-0.05, 0) is 36.0 Å². The molecule has 0 unspecified atom stereocenters. The predicted octanol–water partition coefficient (Wildman–Crippen LogP) is 5.48. The van der Waals surface area contributed by atoms with Crippen LogP contribution in [0.1, 0.15) is 46.8 Å². The maximum Gasteiger partial charge on any atom is 0.307 e. The molecule has 2 aliphatic rings. The summed E-state index contributed by atoms with van der Waals surface area (Å²) < 4.78 is 1.30. The number of carboxylic acid groups (broad SMARTS) is 1. The largest absolute Gasteiger partial charge is 0.481 e. The highest BCUT2D eigenvalue weighted by molar-refractivity contribution is 7.23. The first-order chi connectivity index (χ1) is 14.4. The Morgan fingerprint density at radius 3 is 2.73 bits per heavy atom. The lowest BCUT2D eigenvalue weighted by atomic mass is 9.81. The fourth-order valence-corrected chi connectivity index (χ4v) is 6.15. The second-order valence-electron chi connectivity index (χ2n) is 8.24. The minimum Gasteiger partial charge on any atom is -0.481 e. The van der Waals surface area contributed by atoms with Gasteiger partial charge in [0.25, 0.3) is 5.91 Å². The molecule has 0 radical (unpaired) electrons. The summed E-state index contributed by atoms with van der Waals surface area (Å²) in [7, 11) is 0. The number of H-pyrrole nitrogens is 1. The summed E-state index contributed by atoms with van der Waals surface area (Å²) in [6, 6.07) is 9.40. The third-order valence-electron chi connectivity index (χ3n) is 6.26. The first kappa shape index (κ1) is 19.9. The maximum absolute atomic E-state index is 13.0. The second kappa shape index (κ2) is 7.59. The van der Waals surface area contributed by atoms with Crippen molar-refractivity contribution in [2.75, 3.05) is 0 Å². The van der Waals surface area contributed by atoms with Crippen molar-refractivity contribution in [2.45, 2.75) is 37.6 Å². The molecule has 1 fully saturated rings. The Morgan fingerprint density at radius 1 is 1.27 bits per heavy atom. The number of nitrogens with one attached hydrogen (secondary N) is 2. The lowest BCUT2D eigenvalue weighted by Gasteiger charge is -2.27. The number of carbonyl (C=O) groups excluding carboxylic acids is 1. The second-order valence-corrected chi connectivity index (χ2v) is 10.3. The number of fused-ring (bicyclic) bond motifs is 2. The first-order valence-electron chi connectivity index (χ1n) is 10.0. The van der Waals surface area contributed by atoms with Crippen LogP contribution in [0.4, 0.5) is 0 Å². The molecule has 1 saturated carbocycles. The molecule has 0 aliphatic heterocycles. The fourth-order valence-electron chi connectivity index (χ4n) is 4.66. The monoisotopic (exact) mass is 462 g/mol. The molecule has 5 rings (SSSR count). The van der Waals surface area contributed by atoms with Gasteiger partial charge in [-0.2, -0.15) is 0 Å². The molecule has 8 heteroatoms. The molecule has 3 aromatic rings. The Morgan fingerprint density at radius 2 is 2.03 bits per heavy atom. The lowest BCUT2D eigenvalue weighted by Crippen LogP contribution is -2.42. The van der Waals surface area contributed by atoms with Crippen LogP contribution >= 0.6 is 34.5 Å². The lowest BCUT2D eigenvalue weighted by molar-refractivity contribution is -0.143. The van der Waals surface area contributed by atoms with Gasteiger partial charge in [0.05, 0.1) is 21.2 Å². The van der Waals surface area contributed by atoms with Gasteiger partial charge in [-0.1, -0.05) is 60.3 Å². The number of benzene rings is 1. The molecular formula is C22H20Cl2N2O3S. The van der Waals surface area contributed by atoms with Gasteiger partial charge in [-0.25, -0.2) is 0 Å². The van der Waals surface area contributed by atoms with E-state index in [1.165, 1.54) is 11.3 Å². The van der Waals surface area contributed by atoms with Gasteiger partial charge in [-0.15, -0.1) is 11.3 Å². The number of hydrogen-bond donors (Lipinski definition) is 3. The van der Waals surface area contributed by atoms with Gasteiger partial charge in [0.15, 0.2) is 0 Å². The molecule has 2 aliphatic carbocycles. The van der Waals surface area contributed by atoms with E-state index in [4.69, 9.17) is 23.2 Å². The van der Waals surface area contributed by atoms with E-state index in [-0.39, 0.29) is 17.9 Å². The van der Waals surface area contributed by atoms with Crippen LogP contribution in [0.2, 0.25) is 9.36 Å². The quantitative estimate of drug-likeness (QED) is 0.453. The third kappa shape index (κ3) is 3.51. The number of hydrogen-bond acceptors (Lipinski definition) is 3. The summed E-state index contributed by atoms with van der Waals surface area (Å²) in [4.78, 5) is 28.2. The Bertz CT molecular complexity index is 1150. The zero-order chi connectivity index (χ0) is 21.0. The molecule has 2 aromatic heterocycles. The molecule has 156 valence electrons. The average molecular weight is 463 g/mol. The van der Waals surface area contributed by atoms with Crippen LogP contribution in [0.5, 0.6) is 0 Å². The molecule has 1 aromatic carbocycles. The smallest absolute Gasteiger partial charge is 0.307 e. The minimum atomic E-state index is -0.787. The molecule has 3 atom stereocenters. The van der Waals surface area contributed by atoms with E-state index in [0.29, 0.717) is 39.3 Å². The normalized spacial score (nSPS) is 21.5. The van der Waals surface area contributed by atoms with Crippen LogP contribution in [0, 0.1) is 11.8 Å². The number of thiophene rings is 1. The number of amides is 1. The van der Waals surface area contributed by atoms with E-state index in [1.807, 2.05) is 24.3 Å². The van der Waals surface area contributed by atoms with Crippen molar-refractivity contribution >= 4 is 56.6 Å². The van der Waals surface area contributed by atoms with Crippen molar-refractivity contribution in [3.63, 3.8) is 0 Å². The van der Waals surface area contributed by atoms with Gasteiger partial charge in [0, 0.05) is 12.0 Å². The number of carbonyl (C=O) groups is 2. The molecule has 0 spiro atoms. The summed E-state index contributed by atoms with van der Waals surface area (Å²) >= 11 is 13.6. The molecule has 1 amide bonds. The zero-order valence-electron chi connectivity index (χ0n) is 16.0. The Balaban J connectivity index is 1.43. The van der Waals surface area contributed by atoms with Gasteiger partial charge in [-0.3, -0.25) is 9.59 Å². The van der Waals surface area contributed by atoms with Crippen LogP contribution in [0.3, 0.4) is 0 Å². The van der Waals surface area contributed by atoms with Crippen molar-refractivity contribution in [2.24, 2.45) is 11.8 Å². The van der Waals surface area contributed by atoms with E-state index in [2.05, 4.69) is 10.3 Å². The highest BCUT2D eigenvalue weighted by atomic mass is 35.5. The van der Waals surface area contributed by atoms with Crippen LogP contribution in [0.25, 0.3) is 10.2 Å². The number of rotatable bonds is 6. The number of aromatic nitrogens is 1. The van der Waals surface area contributed by atoms with Gasteiger partial charge < -0.3 is 15.4 Å². The highest BCUT2D eigenvalue weighted by Gasteiger charge is 2.44. The summed E-state index contributed by atoms with van der Waals surface area (Å²) in [6.07, 6.45) is 3.48. The zero-order valence-corrected chi connectivity index (χ0v) is 18.3. The SMILES string of the molecule is O=C(N[C@@H]1Cc2ccccc2[C@H]1[C@H](CC1CC1)C(=O)O)c1cc2sc(Cl)c(Cl)c2[nH]1. The highest BCUT2D eigenvalue weighted by Crippen LogP contribution is 2.45. The standard InChI is InChI=1S/C22H20Cl2N2O3S/c23-18-19-16(30-20(18)24)9-15(25-19)21(27)26-14-8-11-3-1-2-4-12(11)17(14)13(22(28)29)7-10-5-6-10/h1-4,9-10,13-14,17,25H,5-8H2,(H,26,27)(H,28,29)/t13-,14+,17-/m0/s1. The molecule has 5 nitrogen and oxygen atoms in total. The molecule has 3 N–H and O–H groups in total. The fraction of sp³-hybridized carbons (Fsp3) is 0.364. The number of aliphatic carboxylic acids is 1. The summed E-state index contributed by atoms with van der Waals surface area (Å²) in [5.74, 6) is -1.31. The van der Waals surface area contributed by atoms with Gasteiger partial charge in [0.2, 0.25) is 0 Å². The van der Waals surface area contributed by atoms with E-state index in [1.54, 1.807) is 6.07 Å². The summed E-state index contributed by atoms with van der Waals surface area (Å²) in [6.45, 7) is 0. The number of halogens is 2. The Kier molecular flexibility index (Phi) is 5.04. The van der Waals surface area contributed by atoms with Crippen LogP contribution in [-0.4, -0.2) is 28.0 Å². The summed E-state index contributed by atoms with van der Waals surface area (Å²) in [5, 5.41) is 13.5. The molecule has 0 saturated heterocycles. The van der Waals surface area contributed by atoms with Crippen molar-refractivity contribution < 1.29 is 14.7 Å². The number of carboxylic acids is 1. The van der Waals surface area contributed by atoms with Crippen molar-refractivity contribution in [1.29, 1.82) is 0 Å². The van der Waals surface area contributed by atoms with Crippen LogP contribution in [-0.2, 0) is 11.2 Å². The maximum atomic E-state index is 13.0. The Labute approximate surface area is 187 Å². The van der Waals surface area contributed by atoms with Gasteiger partial charge >= 0.3 is 5.97 Å². The number of aromatic amines is 1. The van der Waals surface area contributed by atoms with E-state index in [9.17, 15) is 14.7 Å². The average Bonchev–Trinajstić information content (AvgIpc) is 3.24. The van der Waals surface area contributed by atoms with E-state index < -0.39 is 11.9 Å². The summed E-state index contributed by atoms with van der Waals surface area (Å²) in [5.41, 5.74) is 3.20. The van der Waals surface area contributed by atoms with Gasteiger partial charge in [0.1, 0.15) is 10.0 Å². The minimum absolute atomic E-state index is 0.239. The third-order valence-corrected chi connectivity index (χ3v) is 8.19. The van der Waals surface area contributed by atoms with Crippen LogP contribution < -0.4 is 5.32 Å². The van der Waals surface area contributed by atoms with Crippen molar-refractivity contribution in [1.82, 2.24) is 10.3 Å². The molecule has 2 heterocycles.